The summed E-state index contributed by atoms with van der Waals surface area (Å²) in [7, 11) is 1.53. The third-order valence-electron chi connectivity index (χ3n) is 2.67. The van der Waals surface area contributed by atoms with E-state index in [-0.39, 0.29) is 18.9 Å². The number of aliphatic hydroxyl groups is 1. The first-order valence-electron chi connectivity index (χ1n) is 5.72. The predicted molar refractivity (Wildman–Crippen MR) is 70.9 cm³/mol. The first-order chi connectivity index (χ1) is 8.39. The van der Waals surface area contributed by atoms with Crippen molar-refractivity contribution in [2.45, 2.75) is 19.4 Å². The summed E-state index contributed by atoms with van der Waals surface area (Å²) in [5, 5.41) is 12.1. The molecular weight excluding hydrogens is 232 g/mol. The molecule has 0 aromatic heterocycles. The van der Waals surface area contributed by atoms with E-state index in [1.807, 2.05) is 13.8 Å². The summed E-state index contributed by atoms with van der Waals surface area (Å²) in [5.74, 6) is 0.473. The van der Waals surface area contributed by atoms with E-state index in [9.17, 15) is 4.79 Å². The number of ether oxygens (including phenoxy) is 1. The van der Waals surface area contributed by atoms with Gasteiger partial charge in [0.2, 0.25) is 0 Å². The van der Waals surface area contributed by atoms with Crippen LogP contribution in [0.15, 0.2) is 18.2 Å². The predicted octanol–water partition coefficient (Wildman–Crippen LogP) is 0.821. The minimum Gasteiger partial charge on any atom is -0.495 e. The van der Waals surface area contributed by atoms with E-state index in [0.29, 0.717) is 17.0 Å². The van der Waals surface area contributed by atoms with E-state index in [1.165, 1.54) is 7.11 Å². The van der Waals surface area contributed by atoms with E-state index in [2.05, 4.69) is 5.32 Å². The number of anilines is 1. The summed E-state index contributed by atoms with van der Waals surface area (Å²) in [6.07, 6.45) is 0. The normalized spacial score (nSPS) is 11.3. The molecule has 0 fully saturated rings. The average molecular weight is 252 g/mol. The summed E-state index contributed by atoms with van der Waals surface area (Å²) in [6, 6.07) is 4.93. The van der Waals surface area contributed by atoms with Crippen molar-refractivity contribution in [1.29, 1.82) is 0 Å². The van der Waals surface area contributed by atoms with Gasteiger partial charge in [0.1, 0.15) is 5.75 Å². The molecule has 0 aliphatic carbocycles. The Hall–Kier alpha value is -1.59. The maximum atomic E-state index is 11.9. The van der Waals surface area contributed by atoms with Gasteiger partial charge < -0.3 is 20.9 Å². The van der Waals surface area contributed by atoms with E-state index < -0.39 is 5.54 Å². The number of nitrogens with one attached hydrogen (secondary N) is 1. The lowest BCUT2D eigenvalue weighted by molar-refractivity contribution is 0.0968. The monoisotopic (exact) mass is 252 g/mol. The molecule has 0 saturated heterocycles. The van der Waals surface area contributed by atoms with Gasteiger partial charge in [-0.1, -0.05) is 0 Å². The number of nitrogen functional groups attached to an aromatic ring is 1. The van der Waals surface area contributed by atoms with Crippen LogP contribution in [0.5, 0.6) is 5.75 Å². The Labute approximate surface area is 107 Å². The number of aliphatic hydroxyl groups excluding tert-OH is 1. The smallest absolute Gasteiger partial charge is 0.176 e. The molecule has 0 radical (unpaired) electrons. The van der Waals surface area contributed by atoms with Crippen LogP contribution in [-0.4, -0.2) is 36.7 Å². The fraction of sp³-hybridized carbons (Fsp3) is 0.462. The van der Waals surface area contributed by atoms with E-state index in [0.717, 1.165) is 0 Å². The van der Waals surface area contributed by atoms with Gasteiger partial charge in [0.15, 0.2) is 5.78 Å². The standard InChI is InChI=1S/C13H20N2O3/c1-13(2,8-16)15-7-11(17)9-4-5-12(18-3)10(14)6-9/h4-6,15-16H,7-8,14H2,1-3H3. The number of benzene rings is 1. The van der Waals surface area contributed by atoms with Crippen molar-refractivity contribution in [2.24, 2.45) is 0 Å². The molecule has 5 heteroatoms. The van der Waals surface area contributed by atoms with Crippen molar-refractivity contribution in [3.8, 4) is 5.75 Å². The Bertz CT molecular complexity index is 430. The van der Waals surface area contributed by atoms with Gasteiger partial charge in [-0.3, -0.25) is 4.79 Å². The largest absolute Gasteiger partial charge is 0.495 e. The molecule has 100 valence electrons. The second-order valence-corrected chi connectivity index (χ2v) is 4.78. The molecule has 0 saturated carbocycles. The lowest BCUT2D eigenvalue weighted by Gasteiger charge is -2.23. The van der Waals surface area contributed by atoms with Crippen molar-refractivity contribution in [2.75, 3.05) is 26.0 Å². The molecule has 0 spiro atoms. The number of hydrogen-bond donors (Lipinski definition) is 3. The first kappa shape index (κ1) is 14.5. The van der Waals surface area contributed by atoms with Gasteiger partial charge in [-0.2, -0.15) is 0 Å². The summed E-state index contributed by atoms with van der Waals surface area (Å²) in [6.45, 7) is 3.76. The summed E-state index contributed by atoms with van der Waals surface area (Å²) in [5.41, 5.74) is 6.22. The Morgan fingerprint density at radius 3 is 2.67 bits per heavy atom. The highest BCUT2D eigenvalue weighted by molar-refractivity contribution is 5.98. The lowest BCUT2D eigenvalue weighted by atomic mass is 10.1. The fourth-order valence-corrected chi connectivity index (χ4v) is 1.39. The Morgan fingerprint density at radius 1 is 1.50 bits per heavy atom. The van der Waals surface area contributed by atoms with Gasteiger partial charge in [-0.05, 0) is 32.0 Å². The van der Waals surface area contributed by atoms with E-state index in [1.54, 1.807) is 18.2 Å². The number of Topliss-reactive ketones (excluding diaryl/α,β-unsaturated/α-hetero) is 1. The van der Waals surface area contributed by atoms with Crippen LogP contribution in [-0.2, 0) is 0 Å². The molecule has 0 atom stereocenters. The van der Waals surface area contributed by atoms with Crippen LogP contribution in [0.3, 0.4) is 0 Å². The number of carbonyl (C=O) groups excluding carboxylic acids is 1. The number of hydrogen-bond acceptors (Lipinski definition) is 5. The third-order valence-corrected chi connectivity index (χ3v) is 2.67. The van der Waals surface area contributed by atoms with Crippen LogP contribution in [0.4, 0.5) is 5.69 Å². The fourth-order valence-electron chi connectivity index (χ4n) is 1.39. The molecule has 4 N–H and O–H groups in total. The number of nitrogens with two attached hydrogens (primary N) is 1. The molecule has 1 rings (SSSR count). The summed E-state index contributed by atoms with van der Waals surface area (Å²) >= 11 is 0. The van der Waals surface area contributed by atoms with Crippen molar-refractivity contribution >= 4 is 11.5 Å². The number of rotatable bonds is 6. The van der Waals surface area contributed by atoms with Crippen LogP contribution in [0.1, 0.15) is 24.2 Å². The van der Waals surface area contributed by atoms with Crippen molar-refractivity contribution < 1.29 is 14.6 Å². The van der Waals surface area contributed by atoms with Gasteiger partial charge >= 0.3 is 0 Å². The highest BCUT2D eigenvalue weighted by Gasteiger charge is 2.17. The maximum absolute atomic E-state index is 11.9. The van der Waals surface area contributed by atoms with Gasteiger partial charge in [0.05, 0.1) is 25.9 Å². The zero-order chi connectivity index (χ0) is 13.8. The molecular formula is C13H20N2O3. The Balaban J connectivity index is 2.71. The highest BCUT2D eigenvalue weighted by Crippen LogP contribution is 2.22. The molecule has 1 aromatic rings. The van der Waals surface area contributed by atoms with Gasteiger partial charge in [-0.15, -0.1) is 0 Å². The molecule has 18 heavy (non-hydrogen) atoms. The lowest BCUT2D eigenvalue weighted by Crippen LogP contribution is -2.45. The number of ketones is 1. The molecule has 1 aromatic carbocycles. The van der Waals surface area contributed by atoms with Crippen LogP contribution in [0.2, 0.25) is 0 Å². The number of methoxy groups -OCH3 is 1. The second kappa shape index (κ2) is 5.84. The molecule has 0 heterocycles. The minimum absolute atomic E-state index is 0.0367. The molecule has 0 aliphatic heterocycles. The maximum Gasteiger partial charge on any atom is 0.176 e. The topological polar surface area (TPSA) is 84.6 Å². The van der Waals surface area contributed by atoms with E-state index >= 15 is 0 Å². The SMILES string of the molecule is COc1ccc(C(=O)CNC(C)(C)CO)cc1N. The van der Waals surface area contributed by atoms with Crippen LogP contribution in [0, 0.1) is 0 Å². The zero-order valence-corrected chi connectivity index (χ0v) is 11.0. The highest BCUT2D eigenvalue weighted by atomic mass is 16.5. The quantitative estimate of drug-likeness (QED) is 0.515. The molecule has 5 nitrogen and oxygen atoms in total. The van der Waals surface area contributed by atoms with Gasteiger partial charge in [-0.25, -0.2) is 0 Å². The Kier molecular flexibility index (Phi) is 4.69. The van der Waals surface area contributed by atoms with Crippen molar-refractivity contribution in [3.05, 3.63) is 23.8 Å². The van der Waals surface area contributed by atoms with Crippen molar-refractivity contribution in [3.63, 3.8) is 0 Å². The first-order valence-corrected chi connectivity index (χ1v) is 5.72. The van der Waals surface area contributed by atoms with E-state index in [4.69, 9.17) is 15.6 Å². The Morgan fingerprint density at radius 2 is 2.17 bits per heavy atom. The molecule has 0 amide bonds. The van der Waals surface area contributed by atoms with Crippen LogP contribution < -0.4 is 15.8 Å². The van der Waals surface area contributed by atoms with Crippen molar-refractivity contribution in [1.82, 2.24) is 5.32 Å². The molecule has 0 unspecified atom stereocenters. The average Bonchev–Trinajstić information content (AvgIpc) is 2.36. The molecule has 0 aliphatic rings. The van der Waals surface area contributed by atoms with Gasteiger partial charge in [0, 0.05) is 11.1 Å². The molecule has 0 bridgehead atoms. The second-order valence-electron chi connectivity index (χ2n) is 4.78. The summed E-state index contributed by atoms with van der Waals surface area (Å²) in [4.78, 5) is 11.9. The van der Waals surface area contributed by atoms with Gasteiger partial charge in [0.25, 0.3) is 0 Å². The van der Waals surface area contributed by atoms with Crippen LogP contribution >= 0.6 is 0 Å². The summed E-state index contributed by atoms with van der Waals surface area (Å²) < 4.78 is 5.03. The minimum atomic E-state index is -0.478. The zero-order valence-electron chi connectivity index (χ0n) is 11.0. The van der Waals surface area contributed by atoms with Crippen LogP contribution in [0.25, 0.3) is 0 Å². The third kappa shape index (κ3) is 3.72. The number of carbonyl (C=O) groups is 1.